The Hall–Kier alpha value is -2.08. The zero-order valence-corrected chi connectivity index (χ0v) is 15.8. The summed E-state index contributed by atoms with van der Waals surface area (Å²) in [5, 5.41) is 42.3. The first-order valence-electron chi connectivity index (χ1n) is 8.95. The first kappa shape index (κ1) is 18.7. The molecule has 3 unspecified atom stereocenters. The molecule has 0 bridgehead atoms. The Balaban J connectivity index is 2.42. The Kier molecular flexibility index (Phi) is 3.93. The lowest BCUT2D eigenvalue weighted by molar-refractivity contribution is -0.137. The van der Waals surface area contributed by atoms with Gasteiger partial charge in [-0.3, -0.25) is 9.59 Å². The Morgan fingerprint density at radius 1 is 1.00 bits per heavy atom. The minimum absolute atomic E-state index is 0.0551. The fourth-order valence-corrected chi connectivity index (χ4v) is 5.17. The van der Waals surface area contributed by atoms with Crippen molar-refractivity contribution in [2.75, 3.05) is 0 Å². The van der Waals surface area contributed by atoms with Crippen molar-refractivity contribution in [3.8, 4) is 17.2 Å². The fraction of sp³-hybridized carbons (Fsp3) is 0.600. The molecule has 1 aromatic carbocycles. The molecule has 1 fully saturated rings. The van der Waals surface area contributed by atoms with Gasteiger partial charge in [0.2, 0.25) is 11.6 Å². The molecule has 0 saturated heterocycles. The highest BCUT2D eigenvalue weighted by atomic mass is 16.3. The third kappa shape index (κ3) is 2.08. The minimum atomic E-state index is -0.975. The Bertz CT molecular complexity index is 822. The molecule has 0 amide bonds. The maximum Gasteiger partial charge on any atom is 0.233 e. The van der Waals surface area contributed by atoms with Gasteiger partial charge in [0.25, 0.3) is 0 Å². The molecule has 0 heterocycles. The number of aromatic hydroxyl groups is 3. The highest BCUT2D eigenvalue weighted by Crippen LogP contribution is 2.61. The second-order valence-corrected chi connectivity index (χ2v) is 8.78. The number of fused-ring (bicyclic) bond motifs is 3. The summed E-state index contributed by atoms with van der Waals surface area (Å²) in [6, 6.07) is 0. The normalized spacial score (nSPS) is 30.3. The lowest BCUT2D eigenvalue weighted by atomic mass is 9.48. The number of carbonyl (C=O) groups excluding carboxylic acids is 2. The van der Waals surface area contributed by atoms with Crippen LogP contribution in [0.15, 0.2) is 0 Å². The fourth-order valence-electron chi connectivity index (χ4n) is 5.17. The van der Waals surface area contributed by atoms with Gasteiger partial charge in [-0.25, -0.2) is 0 Å². The predicted octanol–water partition coefficient (Wildman–Crippen LogP) is 2.75. The lowest BCUT2D eigenvalue weighted by Gasteiger charge is -2.54. The van der Waals surface area contributed by atoms with E-state index in [0.29, 0.717) is 12.8 Å². The third-order valence-corrected chi connectivity index (χ3v) is 6.50. The van der Waals surface area contributed by atoms with Gasteiger partial charge in [0, 0.05) is 27.9 Å². The monoisotopic (exact) mass is 362 g/mol. The number of phenolic OH excluding ortho intramolecular Hbond substituents is 3. The number of carbonyl (C=O) groups is 2. The Labute approximate surface area is 152 Å². The molecule has 2 aliphatic rings. The van der Waals surface area contributed by atoms with E-state index in [-0.39, 0.29) is 22.6 Å². The molecular weight excluding hydrogens is 336 g/mol. The van der Waals surface area contributed by atoms with Crippen LogP contribution in [-0.4, -0.2) is 38.1 Å². The van der Waals surface area contributed by atoms with E-state index in [1.54, 1.807) is 34.6 Å². The molecule has 6 heteroatoms. The second-order valence-electron chi connectivity index (χ2n) is 8.78. The molecule has 0 radical (unpaired) electrons. The summed E-state index contributed by atoms with van der Waals surface area (Å²) in [7, 11) is 0. The first-order chi connectivity index (χ1) is 11.9. The summed E-state index contributed by atoms with van der Waals surface area (Å²) in [6.45, 7) is 8.63. The van der Waals surface area contributed by atoms with E-state index in [1.807, 2.05) is 0 Å². The van der Waals surface area contributed by atoms with Crippen molar-refractivity contribution in [1.82, 2.24) is 0 Å². The van der Waals surface area contributed by atoms with Crippen molar-refractivity contribution < 1.29 is 30.0 Å². The maximum atomic E-state index is 13.0. The van der Waals surface area contributed by atoms with Crippen LogP contribution in [-0.2, 0) is 10.2 Å². The van der Waals surface area contributed by atoms with E-state index in [1.165, 1.54) is 0 Å². The number of aliphatic hydroxyl groups is 1. The number of rotatable bonds is 1. The van der Waals surface area contributed by atoms with E-state index >= 15 is 0 Å². The standard InChI is InChI=1S/C20H26O6/c1-8(2)10-13(22)11-12(16(25)14(10)23)20(5)7-6-9(21)19(3,4)18(20)17(26)15(11)24/h8-9,18,21-23,25H,6-7H2,1-5H3. The topological polar surface area (TPSA) is 115 Å². The summed E-state index contributed by atoms with van der Waals surface area (Å²) >= 11 is 0. The van der Waals surface area contributed by atoms with Gasteiger partial charge < -0.3 is 20.4 Å². The van der Waals surface area contributed by atoms with Gasteiger partial charge in [0.05, 0.1) is 11.7 Å². The SMILES string of the molecule is CC(C)c1c(O)c(O)c2c(c1O)C(=O)C(=O)C1C2(C)CCC(O)C1(C)C. The number of ketones is 2. The molecule has 26 heavy (non-hydrogen) atoms. The van der Waals surface area contributed by atoms with Gasteiger partial charge in [0.1, 0.15) is 5.75 Å². The summed E-state index contributed by atoms with van der Waals surface area (Å²) in [6.07, 6.45) is -0.0339. The third-order valence-electron chi connectivity index (χ3n) is 6.50. The Morgan fingerprint density at radius 3 is 2.12 bits per heavy atom. The molecule has 0 spiro atoms. The van der Waals surface area contributed by atoms with E-state index in [9.17, 15) is 30.0 Å². The molecule has 1 aromatic rings. The summed E-state index contributed by atoms with van der Waals surface area (Å²) < 4.78 is 0. The first-order valence-corrected chi connectivity index (χ1v) is 8.95. The van der Waals surface area contributed by atoms with Crippen LogP contribution in [0, 0.1) is 11.3 Å². The van der Waals surface area contributed by atoms with Gasteiger partial charge in [-0.2, -0.15) is 0 Å². The molecule has 4 N–H and O–H groups in total. The number of Topliss-reactive ketones (excluding diaryl/α,β-unsaturated/α-hetero) is 2. The van der Waals surface area contributed by atoms with Crippen LogP contribution in [0.3, 0.4) is 0 Å². The van der Waals surface area contributed by atoms with Crippen LogP contribution >= 0.6 is 0 Å². The van der Waals surface area contributed by atoms with Gasteiger partial charge in [-0.1, -0.05) is 34.6 Å². The van der Waals surface area contributed by atoms with Gasteiger partial charge >= 0.3 is 0 Å². The van der Waals surface area contributed by atoms with Crippen molar-refractivity contribution in [2.45, 2.75) is 64.9 Å². The largest absolute Gasteiger partial charge is 0.507 e. The zero-order chi connectivity index (χ0) is 19.8. The van der Waals surface area contributed by atoms with Crippen molar-refractivity contribution >= 4 is 11.6 Å². The van der Waals surface area contributed by atoms with E-state index < -0.39 is 51.7 Å². The summed E-state index contributed by atoms with van der Waals surface area (Å²) in [5.74, 6) is -4.10. The highest BCUT2D eigenvalue weighted by Gasteiger charge is 2.61. The van der Waals surface area contributed by atoms with Gasteiger partial charge in [-0.05, 0) is 18.8 Å². The highest BCUT2D eigenvalue weighted by molar-refractivity contribution is 6.47. The van der Waals surface area contributed by atoms with Crippen LogP contribution in [0.5, 0.6) is 17.2 Å². The van der Waals surface area contributed by atoms with Crippen molar-refractivity contribution in [2.24, 2.45) is 11.3 Å². The molecule has 3 rings (SSSR count). The van der Waals surface area contributed by atoms with Gasteiger partial charge in [0.15, 0.2) is 11.5 Å². The van der Waals surface area contributed by atoms with Crippen molar-refractivity contribution in [1.29, 1.82) is 0 Å². The van der Waals surface area contributed by atoms with Crippen LogP contribution in [0.2, 0.25) is 0 Å². The molecule has 2 aliphatic carbocycles. The van der Waals surface area contributed by atoms with Crippen LogP contribution in [0.25, 0.3) is 0 Å². The maximum absolute atomic E-state index is 13.0. The molecule has 142 valence electrons. The summed E-state index contributed by atoms with van der Waals surface area (Å²) in [4.78, 5) is 25.9. The smallest absolute Gasteiger partial charge is 0.233 e. The molecule has 3 atom stereocenters. The molecule has 6 nitrogen and oxygen atoms in total. The van der Waals surface area contributed by atoms with E-state index in [0.717, 1.165) is 0 Å². The average Bonchev–Trinajstić information content (AvgIpc) is 2.52. The second kappa shape index (κ2) is 5.46. The predicted molar refractivity (Wildman–Crippen MR) is 94.7 cm³/mol. The Morgan fingerprint density at radius 2 is 1.58 bits per heavy atom. The number of hydrogen-bond acceptors (Lipinski definition) is 6. The van der Waals surface area contributed by atoms with Crippen molar-refractivity contribution in [3.63, 3.8) is 0 Å². The van der Waals surface area contributed by atoms with E-state index in [2.05, 4.69) is 0 Å². The van der Waals surface area contributed by atoms with Crippen LogP contribution in [0.4, 0.5) is 0 Å². The van der Waals surface area contributed by atoms with Crippen LogP contribution < -0.4 is 0 Å². The zero-order valence-electron chi connectivity index (χ0n) is 15.8. The molecule has 1 saturated carbocycles. The number of phenols is 3. The molecule has 0 aromatic heterocycles. The van der Waals surface area contributed by atoms with Gasteiger partial charge in [-0.15, -0.1) is 0 Å². The number of aliphatic hydroxyl groups excluding tert-OH is 1. The molecule has 0 aliphatic heterocycles. The quantitative estimate of drug-likeness (QED) is 0.347. The minimum Gasteiger partial charge on any atom is -0.507 e. The van der Waals surface area contributed by atoms with E-state index in [4.69, 9.17) is 0 Å². The van der Waals surface area contributed by atoms with Crippen LogP contribution in [0.1, 0.15) is 74.9 Å². The van der Waals surface area contributed by atoms with Crippen molar-refractivity contribution in [3.05, 3.63) is 16.7 Å². The number of benzene rings is 1. The number of hydrogen-bond donors (Lipinski definition) is 4. The lowest BCUT2D eigenvalue weighted by Crippen LogP contribution is -2.59. The average molecular weight is 362 g/mol. The molecular formula is C20H26O6. The summed E-state index contributed by atoms with van der Waals surface area (Å²) in [5.41, 5.74) is -1.89.